The van der Waals surface area contributed by atoms with Gasteiger partial charge in [0.05, 0.1) is 17.8 Å². The molecule has 0 heterocycles. The fourth-order valence-corrected chi connectivity index (χ4v) is 3.39. The first kappa shape index (κ1) is 17.4. The molecule has 0 fully saturated rings. The van der Waals surface area contributed by atoms with Crippen molar-refractivity contribution in [3.63, 3.8) is 0 Å². The van der Waals surface area contributed by atoms with E-state index in [4.69, 9.17) is 11.6 Å². The normalized spacial score (nSPS) is 12.0. The summed E-state index contributed by atoms with van der Waals surface area (Å²) in [4.78, 5) is 26.6. The molecule has 23 heavy (non-hydrogen) atoms. The second kappa shape index (κ2) is 5.91. The van der Waals surface area contributed by atoms with E-state index < -0.39 is 31.5 Å². The Labute approximate surface area is 135 Å². The number of aromatic hydroxyl groups is 1. The van der Waals surface area contributed by atoms with Crippen LogP contribution in [0, 0.1) is 0 Å². The first-order chi connectivity index (χ1) is 10.6. The number of hydrogen-bond donors (Lipinski definition) is 3. The van der Waals surface area contributed by atoms with Gasteiger partial charge < -0.3 is 16.2 Å². The Balaban J connectivity index is 2.57. The van der Waals surface area contributed by atoms with E-state index in [9.17, 15) is 23.1 Å². The molecule has 2 aromatic carbocycles. The number of nitrogens with one attached hydrogen (secondary N) is 1. The van der Waals surface area contributed by atoms with Gasteiger partial charge in [-0.1, -0.05) is 16.1 Å². The van der Waals surface area contributed by atoms with E-state index >= 15 is 0 Å². The number of quaternary nitrogens is 1. The highest BCUT2D eigenvalue weighted by atomic mass is 35.5. The molecule has 0 aliphatic rings. The van der Waals surface area contributed by atoms with Crippen molar-refractivity contribution < 1.29 is 24.1 Å². The van der Waals surface area contributed by atoms with Crippen LogP contribution in [0.15, 0.2) is 26.6 Å². The molecule has 2 rings (SSSR count). The largest absolute Gasteiger partial charge is 0.504 e. The molecule has 0 bridgehead atoms. The van der Waals surface area contributed by atoms with Crippen molar-refractivity contribution in [3.8, 4) is 5.75 Å². The number of hydroxylamine groups is 1. The van der Waals surface area contributed by atoms with Gasteiger partial charge in [0.25, 0.3) is 20.9 Å². The summed E-state index contributed by atoms with van der Waals surface area (Å²) in [6.07, 6.45) is 0. The highest BCUT2D eigenvalue weighted by molar-refractivity contribution is 7.89. The van der Waals surface area contributed by atoms with Gasteiger partial charge in [0.1, 0.15) is 4.90 Å². The van der Waals surface area contributed by atoms with Gasteiger partial charge in [-0.25, -0.2) is 8.42 Å². The summed E-state index contributed by atoms with van der Waals surface area (Å²) in [6, 6.07) is 2.48. The maximum absolute atomic E-state index is 12.3. The van der Waals surface area contributed by atoms with Crippen LogP contribution in [0.4, 0.5) is 17.1 Å². The fourth-order valence-electron chi connectivity index (χ4n) is 1.83. The van der Waals surface area contributed by atoms with Crippen LogP contribution >= 0.6 is 11.6 Å². The summed E-state index contributed by atoms with van der Waals surface area (Å²) in [7, 11) is -1.98. The van der Waals surface area contributed by atoms with Gasteiger partial charge >= 0.3 is 0 Å². The zero-order chi connectivity index (χ0) is 17.5. The predicted molar refractivity (Wildman–Crippen MR) is 82.3 cm³/mol. The number of benzene rings is 1. The van der Waals surface area contributed by atoms with Gasteiger partial charge in [0, 0.05) is 7.05 Å². The highest BCUT2D eigenvalue weighted by Crippen LogP contribution is 2.39. The van der Waals surface area contributed by atoms with Crippen LogP contribution in [-0.2, 0) is 14.9 Å². The summed E-state index contributed by atoms with van der Waals surface area (Å²) in [6.45, 7) is 0. The molecule has 0 atom stereocenters. The van der Waals surface area contributed by atoms with Crippen molar-refractivity contribution in [1.29, 1.82) is 0 Å². The number of phenols is 1. The Bertz CT molecular complexity index is 949. The third-order valence-electron chi connectivity index (χ3n) is 3.21. The summed E-state index contributed by atoms with van der Waals surface area (Å²) >= 11 is 5.86. The first-order valence-corrected chi connectivity index (χ1v) is 7.91. The maximum Gasteiger partial charge on any atom is 0.290 e. The lowest BCUT2D eigenvalue weighted by atomic mass is 10.2. The quantitative estimate of drug-likeness (QED) is 0.368. The van der Waals surface area contributed by atoms with E-state index in [0.29, 0.717) is 4.47 Å². The second-order valence-electron chi connectivity index (χ2n) is 4.51. The predicted octanol–water partition coefficient (Wildman–Crippen LogP) is -0.559. The SMILES string of the molecule is CON(C)S(=O)(=O)c1c(Cl)ccc(Nc2c([NH3+])c(=O)c2=O)c1O. The molecule has 0 radical (unpaired) electrons. The molecule has 0 aliphatic carbocycles. The summed E-state index contributed by atoms with van der Waals surface area (Å²) < 4.78 is 25.1. The van der Waals surface area contributed by atoms with Gasteiger partial charge in [0.2, 0.25) is 5.69 Å². The Morgan fingerprint density at radius 3 is 2.43 bits per heavy atom. The molecule has 0 aromatic heterocycles. The summed E-state index contributed by atoms with van der Waals surface area (Å²) in [5.41, 5.74) is 1.58. The maximum atomic E-state index is 12.3. The lowest BCUT2D eigenvalue weighted by Crippen LogP contribution is -2.54. The topological polar surface area (TPSA) is 141 Å². The van der Waals surface area contributed by atoms with Crippen LogP contribution in [0.1, 0.15) is 0 Å². The molecule has 0 saturated heterocycles. The Kier molecular flexibility index (Phi) is 4.46. The molecule has 5 N–H and O–H groups in total. The second-order valence-corrected chi connectivity index (χ2v) is 6.79. The van der Waals surface area contributed by atoms with Crippen molar-refractivity contribution in [3.05, 3.63) is 37.6 Å². The van der Waals surface area contributed by atoms with Crippen molar-refractivity contribution in [2.24, 2.45) is 0 Å². The number of halogens is 1. The van der Waals surface area contributed by atoms with E-state index in [-0.39, 0.29) is 22.1 Å². The molecule has 0 aliphatic heterocycles. The van der Waals surface area contributed by atoms with Crippen LogP contribution in [0.25, 0.3) is 0 Å². The molecule has 0 saturated carbocycles. The van der Waals surface area contributed by atoms with Crippen molar-refractivity contribution in [2.75, 3.05) is 19.5 Å². The van der Waals surface area contributed by atoms with Crippen molar-refractivity contribution in [1.82, 2.24) is 4.47 Å². The molecule has 0 amide bonds. The minimum absolute atomic E-state index is 0.0530. The monoisotopic (exact) mass is 362 g/mol. The van der Waals surface area contributed by atoms with Crippen molar-refractivity contribution >= 4 is 38.7 Å². The van der Waals surface area contributed by atoms with E-state index in [1.807, 2.05) is 0 Å². The minimum Gasteiger partial charge on any atom is -0.504 e. The number of anilines is 2. The number of phenolic OH excluding ortho intramolecular Hbond substituents is 1. The van der Waals surface area contributed by atoms with Gasteiger partial charge in [-0.2, -0.15) is 0 Å². The number of hydrogen-bond acceptors (Lipinski definition) is 7. The van der Waals surface area contributed by atoms with Crippen LogP contribution in [0.3, 0.4) is 0 Å². The van der Waals surface area contributed by atoms with Crippen LogP contribution in [0.5, 0.6) is 5.75 Å². The number of nitrogens with zero attached hydrogens (tertiary/aromatic N) is 1. The number of sulfonamides is 1. The number of rotatable bonds is 5. The average molecular weight is 363 g/mol. The standard InChI is InChI=1S/C12H12ClN3O6S/c1-16(22-2)23(20,21)12-5(13)3-4-6(9(12)17)15-8-7(14)10(18)11(8)19/h3-4,15,17H,14H2,1-2H3/p+1. The molecular weight excluding hydrogens is 350 g/mol. The first-order valence-electron chi connectivity index (χ1n) is 6.09. The Morgan fingerprint density at radius 1 is 1.30 bits per heavy atom. The smallest absolute Gasteiger partial charge is 0.290 e. The van der Waals surface area contributed by atoms with E-state index in [0.717, 1.165) is 14.2 Å². The third-order valence-corrected chi connectivity index (χ3v) is 5.39. The van der Waals surface area contributed by atoms with Gasteiger partial charge in [-0.15, -0.1) is 0 Å². The minimum atomic E-state index is -4.23. The molecule has 0 unspecified atom stereocenters. The fraction of sp³-hybridized carbons (Fsp3) is 0.167. The Morgan fingerprint density at radius 2 is 1.91 bits per heavy atom. The van der Waals surface area contributed by atoms with Gasteiger partial charge in [0.15, 0.2) is 11.4 Å². The zero-order valence-corrected chi connectivity index (χ0v) is 13.7. The highest BCUT2D eigenvalue weighted by Gasteiger charge is 2.30. The van der Waals surface area contributed by atoms with E-state index in [1.54, 1.807) is 0 Å². The van der Waals surface area contributed by atoms with Gasteiger partial charge in [-0.05, 0) is 12.1 Å². The molecule has 124 valence electrons. The molecule has 0 spiro atoms. The van der Waals surface area contributed by atoms with Gasteiger partial charge in [-0.3, -0.25) is 14.4 Å². The lowest BCUT2D eigenvalue weighted by Gasteiger charge is -2.18. The summed E-state index contributed by atoms with van der Waals surface area (Å²) in [5.74, 6) is -0.714. The lowest BCUT2D eigenvalue weighted by molar-refractivity contribution is -0.256. The van der Waals surface area contributed by atoms with Crippen LogP contribution < -0.4 is 21.9 Å². The van der Waals surface area contributed by atoms with Crippen LogP contribution in [-0.4, -0.2) is 32.2 Å². The van der Waals surface area contributed by atoms with E-state index in [1.165, 1.54) is 12.1 Å². The van der Waals surface area contributed by atoms with E-state index in [2.05, 4.69) is 15.9 Å². The average Bonchev–Trinajstić information content (AvgIpc) is 2.52. The zero-order valence-electron chi connectivity index (χ0n) is 12.1. The molecule has 2 aromatic rings. The summed E-state index contributed by atoms with van der Waals surface area (Å²) in [5, 5.41) is 12.5. The Hall–Kier alpha value is -1.98. The van der Waals surface area contributed by atoms with Crippen LogP contribution in [0.2, 0.25) is 5.02 Å². The molecular formula is C12H13ClN3O6S+. The van der Waals surface area contributed by atoms with Crippen molar-refractivity contribution in [2.45, 2.75) is 4.90 Å². The molecule has 11 heteroatoms. The molecule has 9 nitrogen and oxygen atoms in total. The third kappa shape index (κ3) is 2.71.